The van der Waals surface area contributed by atoms with Gasteiger partial charge in [0.15, 0.2) is 6.42 Å². The smallest absolute Gasteiger partial charge is 0.207 e. The van der Waals surface area contributed by atoms with Crippen LogP contribution in [0.15, 0.2) is 24.3 Å². The zero-order valence-corrected chi connectivity index (χ0v) is 10.6. The van der Waals surface area contributed by atoms with Crippen LogP contribution in [-0.2, 0) is 20.7 Å². The average Bonchev–Trinajstić information content (AvgIpc) is 2.28. The summed E-state index contributed by atoms with van der Waals surface area (Å²) in [6, 6.07) is 3.23. The van der Waals surface area contributed by atoms with Gasteiger partial charge in [0.1, 0.15) is 5.82 Å². The zero-order valence-electron chi connectivity index (χ0n) is 9.80. The third kappa shape index (κ3) is 4.77. The van der Waals surface area contributed by atoms with E-state index in [2.05, 4.69) is 4.18 Å². The lowest BCUT2D eigenvalue weighted by Crippen LogP contribution is -2.34. The normalized spacial score (nSPS) is 13.3. The molecule has 0 aliphatic rings. The maximum atomic E-state index is 12.6. The van der Waals surface area contributed by atoms with Gasteiger partial charge in [0.05, 0.1) is 0 Å². The first-order valence-electron chi connectivity index (χ1n) is 5.01. The Kier molecular flexibility index (Phi) is 4.78. The Morgan fingerprint density at radius 1 is 1.00 bits per heavy atom. The first-order chi connectivity index (χ1) is 9.33. The van der Waals surface area contributed by atoms with Crippen molar-refractivity contribution in [2.24, 2.45) is 0 Å². The Bertz CT molecular complexity index is 574. The summed E-state index contributed by atoms with van der Waals surface area (Å²) < 4.78 is 111. The predicted octanol–water partition coefficient (Wildman–Crippen LogP) is 3.33. The average molecular weight is 339 g/mol. The van der Waals surface area contributed by atoms with Gasteiger partial charge < -0.3 is 0 Å². The first kappa shape index (κ1) is 17.6. The highest BCUT2D eigenvalue weighted by molar-refractivity contribution is 7.87. The molecule has 11 heteroatoms. The van der Waals surface area contributed by atoms with Gasteiger partial charge >= 0.3 is 27.9 Å². The third-order valence-corrected chi connectivity index (χ3v) is 3.08. The molecule has 1 rings (SSSR count). The Labute approximate surface area is 114 Å². The van der Waals surface area contributed by atoms with Crippen molar-refractivity contribution in [3.8, 4) is 0 Å². The van der Waals surface area contributed by atoms with Crippen LogP contribution in [-0.4, -0.2) is 20.1 Å². The number of hydrogen-bond acceptors (Lipinski definition) is 3. The molecule has 0 saturated heterocycles. The van der Waals surface area contributed by atoms with Crippen LogP contribution in [0.1, 0.15) is 5.56 Å². The molecule has 1 aromatic rings. The van der Waals surface area contributed by atoms with E-state index in [4.69, 9.17) is 0 Å². The molecule has 0 unspecified atom stereocenters. The van der Waals surface area contributed by atoms with Gasteiger partial charge in [-0.05, 0) is 16.3 Å². The van der Waals surface area contributed by atoms with Crippen molar-refractivity contribution < 1.29 is 43.3 Å². The summed E-state index contributed by atoms with van der Waals surface area (Å²) in [6.07, 6.45) is -9.00. The Hall–Kier alpha value is -1.49. The number of benzene rings is 1. The minimum absolute atomic E-state index is 0.277. The fourth-order valence-electron chi connectivity index (χ4n) is 1.14. The Morgan fingerprint density at radius 2 is 1.48 bits per heavy atom. The molecule has 3 nitrogen and oxygen atoms in total. The molecule has 0 amide bonds. The van der Waals surface area contributed by atoms with E-state index in [1.54, 1.807) is 0 Å². The van der Waals surface area contributed by atoms with Crippen molar-refractivity contribution in [1.82, 2.24) is 0 Å². The Balaban J connectivity index is 3.01. The van der Waals surface area contributed by atoms with Gasteiger partial charge in [-0.3, -0.25) is 0 Å². The minimum Gasteiger partial charge on any atom is -0.207 e. The maximum Gasteiger partial charge on any atom is 0.588 e. The highest BCUT2D eigenvalue weighted by Gasteiger charge is 2.63. The molecule has 0 aliphatic heterocycles. The maximum absolute atomic E-state index is 12.6. The van der Waals surface area contributed by atoms with Crippen LogP contribution in [0.4, 0.5) is 30.7 Å². The molecule has 21 heavy (non-hydrogen) atoms. The van der Waals surface area contributed by atoms with Crippen molar-refractivity contribution in [3.05, 3.63) is 41.8 Å². The van der Waals surface area contributed by atoms with E-state index in [1.165, 1.54) is 0 Å². The van der Waals surface area contributed by atoms with Crippen LogP contribution < -0.4 is 0 Å². The molecule has 0 heterocycles. The van der Waals surface area contributed by atoms with Crippen LogP contribution in [0, 0.1) is 11.9 Å². The zero-order chi connectivity index (χ0) is 16.5. The van der Waals surface area contributed by atoms with Gasteiger partial charge in [-0.2, -0.15) is 21.6 Å². The van der Waals surface area contributed by atoms with Crippen LogP contribution in [0.5, 0.6) is 0 Å². The molecule has 0 aromatic heterocycles. The predicted molar refractivity (Wildman–Crippen MR) is 55.5 cm³/mol. The highest BCUT2D eigenvalue weighted by atomic mass is 32.2. The number of rotatable bonds is 4. The van der Waals surface area contributed by atoms with Crippen LogP contribution in [0.25, 0.3) is 0 Å². The Morgan fingerprint density at radius 3 is 1.86 bits per heavy atom. The van der Waals surface area contributed by atoms with E-state index in [0.29, 0.717) is 0 Å². The molecular weight excluding hydrogens is 333 g/mol. The number of alkyl halides is 6. The third-order valence-electron chi connectivity index (χ3n) is 2.09. The molecule has 0 saturated carbocycles. The second-order valence-electron chi connectivity index (χ2n) is 3.71. The molecule has 1 aromatic carbocycles. The van der Waals surface area contributed by atoms with Crippen LogP contribution in [0.2, 0.25) is 0 Å². The largest absolute Gasteiger partial charge is 0.588 e. The minimum atomic E-state index is -6.44. The van der Waals surface area contributed by atoms with E-state index in [-0.39, 0.29) is 5.56 Å². The van der Waals surface area contributed by atoms with E-state index in [0.717, 1.165) is 24.3 Å². The second kappa shape index (κ2) is 5.72. The fraction of sp³-hybridized carbons (Fsp3) is 0.300. The van der Waals surface area contributed by atoms with E-state index < -0.39 is 40.1 Å². The summed E-state index contributed by atoms with van der Waals surface area (Å²) in [7, 11) is -6.44. The van der Waals surface area contributed by atoms with Gasteiger partial charge in [0.2, 0.25) is 0 Å². The summed E-state index contributed by atoms with van der Waals surface area (Å²) in [5, 5.41) is 0. The molecule has 0 bridgehead atoms. The van der Waals surface area contributed by atoms with Crippen LogP contribution in [0.3, 0.4) is 0 Å². The van der Waals surface area contributed by atoms with E-state index in [1.807, 2.05) is 0 Å². The molecule has 0 fully saturated rings. The lowest BCUT2D eigenvalue weighted by molar-refractivity contribution is -0.151. The standard InChI is InChI=1S/C10H6F7O3S/c11-7-3-1-6(2-4-7)5-8(9(12,13)14)20-21(18,19)10(15,16)17/h1-4H,5H2/q+1. The SMILES string of the molecule is O=S(=O)(O[C+](Cc1ccc(F)cc1)C(F)(F)F)C(F)(F)F. The second-order valence-corrected chi connectivity index (χ2v) is 5.25. The van der Waals surface area contributed by atoms with Crippen molar-refractivity contribution >= 4 is 10.1 Å². The molecule has 0 N–H and O–H groups in total. The summed E-state index contributed by atoms with van der Waals surface area (Å²) >= 11 is 0. The number of hydrogen-bond donors (Lipinski definition) is 0. The molecule has 0 spiro atoms. The van der Waals surface area contributed by atoms with Crippen molar-refractivity contribution in [2.45, 2.75) is 18.1 Å². The monoisotopic (exact) mass is 339 g/mol. The summed E-state index contributed by atoms with van der Waals surface area (Å²) in [5.41, 5.74) is -6.27. The molecule has 0 aliphatic carbocycles. The summed E-state index contributed by atoms with van der Waals surface area (Å²) in [6.45, 7) is 0. The van der Waals surface area contributed by atoms with Crippen LogP contribution >= 0.6 is 0 Å². The quantitative estimate of drug-likeness (QED) is 0.366. The van der Waals surface area contributed by atoms with Crippen molar-refractivity contribution in [2.75, 3.05) is 0 Å². The molecule has 0 radical (unpaired) electrons. The van der Waals surface area contributed by atoms with E-state index >= 15 is 0 Å². The van der Waals surface area contributed by atoms with Gasteiger partial charge in [-0.1, -0.05) is 12.1 Å². The summed E-state index contributed by atoms with van der Waals surface area (Å²) in [4.78, 5) is 0. The molecule has 118 valence electrons. The van der Waals surface area contributed by atoms with Gasteiger partial charge in [-0.15, -0.1) is 13.2 Å². The van der Waals surface area contributed by atoms with Gasteiger partial charge in [0, 0.05) is 5.56 Å². The first-order valence-corrected chi connectivity index (χ1v) is 6.42. The van der Waals surface area contributed by atoms with Crippen molar-refractivity contribution in [3.63, 3.8) is 0 Å². The highest BCUT2D eigenvalue weighted by Crippen LogP contribution is 2.37. The number of halogens is 7. The lowest BCUT2D eigenvalue weighted by Gasteiger charge is -2.09. The molecule has 0 atom stereocenters. The lowest BCUT2D eigenvalue weighted by atomic mass is 10.1. The van der Waals surface area contributed by atoms with Crippen molar-refractivity contribution in [1.29, 1.82) is 0 Å². The molecular formula is C10H6F7O3S+. The fourth-order valence-corrected chi connectivity index (χ4v) is 1.66. The van der Waals surface area contributed by atoms with E-state index in [9.17, 15) is 39.2 Å². The van der Waals surface area contributed by atoms with Gasteiger partial charge in [-0.25, -0.2) is 4.39 Å². The summed E-state index contributed by atoms with van der Waals surface area (Å²) in [5.74, 6) is -0.781. The topological polar surface area (TPSA) is 43.4 Å². The van der Waals surface area contributed by atoms with Gasteiger partial charge in [0.25, 0.3) is 0 Å².